The average molecular weight is 546 g/mol. The molecule has 0 atom stereocenters. The van der Waals surface area contributed by atoms with Crippen molar-refractivity contribution in [3.05, 3.63) is 164 Å². The molecule has 9 aromatic rings. The highest BCUT2D eigenvalue weighted by Crippen LogP contribution is 2.44. The summed E-state index contributed by atoms with van der Waals surface area (Å²) in [7, 11) is 0. The maximum absolute atomic E-state index is 2.46. The maximum Gasteiger partial charge on any atom is 0.0626 e. The fraction of sp³-hybridized carbons (Fsp3) is 0. The first-order valence-corrected chi connectivity index (χ1v) is 14.9. The summed E-state index contributed by atoms with van der Waals surface area (Å²) in [6.45, 7) is 0. The van der Waals surface area contributed by atoms with E-state index < -0.39 is 0 Å². The van der Waals surface area contributed by atoms with Crippen molar-refractivity contribution in [2.75, 3.05) is 0 Å². The summed E-state index contributed by atoms with van der Waals surface area (Å²) < 4.78 is 2.46. The van der Waals surface area contributed by atoms with Crippen molar-refractivity contribution in [2.45, 2.75) is 0 Å². The van der Waals surface area contributed by atoms with Crippen LogP contribution in [0.15, 0.2) is 164 Å². The number of benzene rings is 7. The lowest BCUT2D eigenvalue weighted by Crippen LogP contribution is -1.87. The van der Waals surface area contributed by atoms with Crippen molar-refractivity contribution in [1.82, 2.24) is 4.40 Å². The molecule has 0 N–H and O–H groups in total. The third kappa shape index (κ3) is 3.72. The Morgan fingerprint density at radius 2 is 0.791 bits per heavy atom. The van der Waals surface area contributed by atoms with E-state index in [1.54, 1.807) is 0 Å². The Morgan fingerprint density at radius 1 is 0.302 bits per heavy atom. The van der Waals surface area contributed by atoms with Crippen molar-refractivity contribution in [2.24, 2.45) is 0 Å². The number of hydrogen-bond acceptors (Lipinski definition) is 0. The maximum atomic E-state index is 2.46. The molecule has 0 aliphatic rings. The Labute approximate surface area is 250 Å². The summed E-state index contributed by atoms with van der Waals surface area (Å²) in [5.41, 5.74) is 13.7. The Bertz CT molecular complexity index is 2370. The van der Waals surface area contributed by atoms with Crippen LogP contribution in [0.25, 0.3) is 82.6 Å². The minimum absolute atomic E-state index is 1.21. The van der Waals surface area contributed by atoms with Crippen LogP contribution in [0.4, 0.5) is 0 Å². The molecule has 0 unspecified atom stereocenters. The number of fused-ring (bicyclic) bond motifs is 6. The van der Waals surface area contributed by atoms with Crippen molar-refractivity contribution >= 4 is 38.1 Å². The van der Waals surface area contributed by atoms with Crippen molar-refractivity contribution < 1.29 is 0 Å². The third-order valence-electron chi connectivity index (χ3n) is 8.91. The van der Waals surface area contributed by atoms with Gasteiger partial charge < -0.3 is 4.40 Å². The first-order chi connectivity index (χ1) is 21.3. The molecule has 2 heterocycles. The Morgan fingerprint density at radius 3 is 1.47 bits per heavy atom. The van der Waals surface area contributed by atoms with Crippen LogP contribution >= 0.6 is 0 Å². The van der Waals surface area contributed by atoms with Crippen LogP contribution in [0.3, 0.4) is 0 Å². The van der Waals surface area contributed by atoms with E-state index in [9.17, 15) is 0 Å². The van der Waals surface area contributed by atoms with Gasteiger partial charge in [-0.05, 0) is 80.9 Å². The van der Waals surface area contributed by atoms with E-state index in [4.69, 9.17) is 0 Å². The largest absolute Gasteiger partial charge is 0.308 e. The van der Waals surface area contributed by atoms with E-state index >= 15 is 0 Å². The Balaban J connectivity index is 1.28. The van der Waals surface area contributed by atoms with E-state index in [0.29, 0.717) is 0 Å². The van der Waals surface area contributed by atoms with E-state index in [0.717, 1.165) is 0 Å². The van der Waals surface area contributed by atoms with Gasteiger partial charge in [0.25, 0.3) is 0 Å². The Hall–Kier alpha value is -5.66. The second-order valence-electron chi connectivity index (χ2n) is 11.4. The lowest BCUT2D eigenvalue weighted by atomic mass is 9.91. The summed E-state index contributed by atoms with van der Waals surface area (Å²) in [6.07, 6.45) is 0. The summed E-state index contributed by atoms with van der Waals surface area (Å²) >= 11 is 0. The van der Waals surface area contributed by atoms with Gasteiger partial charge in [-0.2, -0.15) is 0 Å². The van der Waals surface area contributed by atoms with Gasteiger partial charge in [0.05, 0.1) is 16.6 Å². The van der Waals surface area contributed by atoms with Gasteiger partial charge in [-0.1, -0.05) is 127 Å². The molecule has 0 saturated carbocycles. The zero-order chi connectivity index (χ0) is 28.3. The SMILES string of the molecule is c1ccc(-c2cc(-c3ccccc3)cc(-c3cccc(-c4ccc5c6ccccc6n6c7ccccc7c4c56)c3)c2)cc1. The number of aromatic nitrogens is 1. The average Bonchev–Trinajstić information content (AvgIpc) is 3.61. The van der Waals surface area contributed by atoms with E-state index in [2.05, 4.69) is 168 Å². The van der Waals surface area contributed by atoms with Crippen molar-refractivity contribution in [3.8, 4) is 44.5 Å². The zero-order valence-corrected chi connectivity index (χ0v) is 23.5. The topological polar surface area (TPSA) is 4.41 Å². The lowest BCUT2D eigenvalue weighted by molar-refractivity contribution is 1.37. The molecular formula is C42H27N. The molecule has 1 nitrogen and oxygen atoms in total. The highest BCUT2D eigenvalue weighted by atomic mass is 14.9. The summed E-state index contributed by atoms with van der Waals surface area (Å²) in [6, 6.07) is 59.7. The molecule has 0 aliphatic heterocycles. The van der Waals surface area contributed by atoms with Gasteiger partial charge in [-0.15, -0.1) is 0 Å². The fourth-order valence-electron chi connectivity index (χ4n) is 6.96. The highest BCUT2D eigenvalue weighted by Gasteiger charge is 2.20. The molecular weight excluding hydrogens is 518 g/mol. The molecule has 43 heavy (non-hydrogen) atoms. The second-order valence-corrected chi connectivity index (χ2v) is 11.4. The van der Waals surface area contributed by atoms with E-state index in [-0.39, 0.29) is 0 Å². The van der Waals surface area contributed by atoms with Crippen LogP contribution in [0.2, 0.25) is 0 Å². The minimum Gasteiger partial charge on any atom is -0.308 e. The van der Waals surface area contributed by atoms with Crippen LogP contribution in [-0.4, -0.2) is 4.40 Å². The Kier molecular flexibility index (Phi) is 5.27. The number of para-hydroxylation sites is 2. The first kappa shape index (κ1) is 24.0. The predicted molar refractivity (Wildman–Crippen MR) is 183 cm³/mol. The van der Waals surface area contributed by atoms with Crippen molar-refractivity contribution in [1.29, 1.82) is 0 Å². The molecule has 7 aromatic carbocycles. The van der Waals surface area contributed by atoms with Gasteiger partial charge in [-0.3, -0.25) is 0 Å². The van der Waals surface area contributed by atoms with Gasteiger partial charge >= 0.3 is 0 Å². The van der Waals surface area contributed by atoms with Crippen molar-refractivity contribution in [3.63, 3.8) is 0 Å². The molecule has 1 heteroatoms. The smallest absolute Gasteiger partial charge is 0.0626 e. The van der Waals surface area contributed by atoms with Gasteiger partial charge in [0.15, 0.2) is 0 Å². The van der Waals surface area contributed by atoms with Crippen LogP contribution in [0.5, 0.6) is 0 Å². The summed E-state index contributed by atoms with van der Waals surface area (Å²) in [4.78, 5) is 0. The third-order valence-corrected chi connectivity index (χ3v) is 8.91. The number of hydrogen-bond donors (Lipinski definition) is 0. The van der Waals surface area contributed by atoms with Gasteiger partial charge in [0, 0.05) is 21.5 Å². The van der Waals surface area contributed by atoms with E-state index in [1.807, 2.05) is 0 Å². The standard InChI is InChI=1S/C42H27N/c1-3-12-28(13-4-1)32-25-33(29-14-5-2-6-15-29)27-34(26-32)30-16-11-17-31(24-30)35-22-23-37-36-18-7-9-20-39(36)43-40-21-10-8-19-38(40)41(35)42(37)43/h1-27H. The van der Waals surface area contributed by atoms with Gasteiger partial charge in [0.1, 0.15) is 0 Å². The lowest BCUT2D eigenvalue weighted by Gasteiger charge is -2.13. The predicted octanol–water partition coefficient (Wildman–Crippen LogP) is 11.5. The quantitative estimate of drug-likeness (QED) is 0.207. The molecule has 0 aliphatic carbocycles. The van der Waals surface area contributed by atoms with Crippen LogP contribution in [0, 0.1) is 0 Å². The molecule has 0 spiro atoms. The zero-order valence-electron chi connectivity index (χ0n) is 23.5. The molecule has 0 fully saturated rings. The molecule has 0 bridgehead atoms. The fourth-order valence-corrected chi connectivity index (χ4v) is 6.96. The summed E-state index contributed by atoms with van der Waals surface area (Å²) in [5, 5.41) is 5.24. The molecule has 200 valence electrons. The van der Waals surface area contributed by atoms with Crippen LogP contribution in [0.1, 0.15) is 0 Å². The normalized spacial score (nSPS) is 11.7. The van der Waals surface area contributed by atoms with Gasteiger partial charge in [-0.25, -0.2) is 0 Å². The van der Waals surface area contributed by atoms with Gasteiger partial charge in [0.2, 0.25) is 0 Å². The number of rotatable bonds is 4. The molecule has 9 rings (SSSR count). The molecule has 0 saturated heterocycles. The monoisotopic (exact) mass is 545 g/mol. The highest BCUT2D eigenvalue weighted by molar-refractivity contribution is 6.26. The summed E-state index contributed by atoms with van der Waals surface area (Å²) in [5.74, 6) is 0. The molecule has 0 amide bonds. The number of nitrogens with zero attached hydrogens (tertiary/aromatic N) is 1. The molecule has 2 aromatic heterocycles. The van der Waals surface area contributed by atoms with E-state index in [1.165, 1.54) is 82.6 Å². The molecule has 0 radical (unpaired) electrons. The first-order valence-electron chi connectivity index (χ1n) is 14.9. The minimum atomic E-state index is 1.21. The van der Waals surface area contributed by atoms with Crippen LogP contribution in [-0.2, 0) is 0 Å². The van der Waals surface area contributed by atoms with Crippen LogP contribution < -0.4 is 0 Å². The second kappa shape index (κ2) is 9.44.